The number of hydrogen-bond acceptors (Lipinski definition) is 7. The lowest BCUT2D eigenvalue weighted by Crippen LogP contribution is -2.50. The first-order valence-corrected chi connectivity index (χ1v) is 12.2. The normalized spacial score (nSPS) is 16.4. The third kappa shape index (κ3) is 6.70. The average Bonchev–Trinajstić information content (AvgIpc) is 3.12. The van der Waals surface area contributed by atoms with Crippen LogP contribution in [0.25, 0.3) is 10.2 Å². The van der Waals surface area contributed by atoms with E-state index >= 15 is 0 Å². The number of halogens is 2. The summed E-state index contributed by atoms with van der Waals surface area (Å²) in [6, 6.07) is 11.1. The maximum absolute atomic E-state index is 10.4. The second-order valence-electron chi connectivity index (χ2n) is 7.92. The van der Waals surface area contributed by atoms with Crippen molar-refractivity contribution in [2.24, 2.45) is 0 Å². The molecule has 0 aliphatic carbocycles. The number of piperazine rings is 1. The fourth-order valence-corrected chi connectivity index (χ4v) is 5.07. The summed E-state index contributed by atoms with van der Waals surface area (Å²) in [7, 11) is 0. The molecule has 1 N–H and O–H groups in total. The Morgan fingerprint density at radius 1 is 1.00 bits per heavy atom. The molecule has 2 heterocycles. The summed E-state index contributed by atoms with van der Waals surface area (Å²) in [5.41, 5.74) is 0.943. The zero-order valence-electron chi connectivity index (χ0n) is 18.0. The Morgan fingerprint density at radius 2 is 1.72 bits per heavy atom. The highest BCUT2D eigenvalue weighted by atomic mass is 35.5. The Balaban J connectivity index is 1.14. The lowest BCUT2D eigenvalue weighted by molar-refractivity contribution is 0.0436. The number of hydrogen-bond donors (Lipinski definition) is 1. The largest absolute Gasteiger partial charge is 0.492 e. The van der Waals surface area contributed by atoms with Crippen LogP contribution < -0.4 is 9.47 Å². The van der Waals surface area contributed by atoms with Crippen molar-refractivity contribution in [1.29, 1.82) is 0 Å². The molecular formula is C23H27Cl2N3O3S. The first-order valence-electron chi connectivity index (χ1n) is 10.7. The Bertz CT molecular complexity index is 1020. The van der Waals surface area contributed by atoms with Crippen molar-refractivity contribution in [1.82, 2.24) is 14.8 Å². The first-order chi connectivity index (χ1) is 15.4. The van der Waals surface area contributed by atoms with Gasteiger partial charge in [0.2, 0.25) is 0 Å². The highest BCUT2D eigenvalue weighted by Crippen LogP contribution is 2.26. The van der Waals surface area contributed by atoms with Gasteiger partial charge >= 0.3 is 0 Å². The molecule has 0 amide bonds. The number of β-amino-alcohol motifs (C(OH)–C–C–N with tert-alkyl or cyclic N) is 1. The van der Waals surface area contributed by atoms with Gasteiger partial charge in [-0.1, -0.05) is 23.2 Å². The molecule has 1 aromatic heterocycles. The number of nitrogens with zero attached hydrogens (tertiary/aromatic N) is 3. The molecule has 0 radical (unpaired) electrons. The molecular weight excluding hydrogens is 469 g/mol. The molecule has 9 heteroatoms. The van der Waals surface area contributed by atoms with Crippen molar-refractivity contribution in [3.63, 3.8) is 0 Å². The van der Waals surface area contributed by atoms with Crippen LogP contribution in [0.5, 0.6) is 11.5 Å². The molecule has 0 spiro atoms. The van der Waals surface area contributed by atoms with E-state index in [0.29, 0.717) is 28.9 Å². The van der Waals surface area contributed by atoms with E-state index in [4.69, 9.17) is 32.7 Å². The minimum absolute atomic E-state index is 0.269. The predicted molar refractivity (Wildman–Crippen MR) is 131 cm³/mol. The van der Waals surface area contributed by atoms with Gasteiger partial charge < -0.3 is 14.6 Å². The summed E-state index contributed by atoms with van der Waals surface area (Å²) in [4.78, 5) is 9.12. The molecule has 2 aromatic carbocycles. The summed E-state index contributed by atoms with van der Waals surface area (Å²) in [5.74, 6) is 1.43. The predicted octanol–water partition coefficient (Wildman–Crippen LogP) is 4.35. The van der Waals surface area contributed by atoms with E-state index in [9.17, 15) is 5.11 Å². The van der Waals surface area contributed by atoms with Crippen molar-refractivity contribution < 1.29 is 14.6 Å². The zero-order chi connectivity index (χ0) is 22.5. The van der Waals surface area contributed by atoms with Crippen LogP contribution >= 0.6 is 34.5 Å². The molecule has 1 fully saturated rings. The molecule has 172 valence electrons. The first kappa shape index (κ1) is 23.5. The second-order valence-corrected chi connectivity index (χ2v) is 10.0. The highest BCUT2D eigenvalue weighted by Gasteiger charge is 2.19. The lowest BCUT2D eigenvalue weighted by Gasteiger charge is -2.35. The van der Waals surface area contributed by atoms with Crippen molar-refractivity contribution in [3.8, 4) is 11.5 Å². The van der Waals surface area contributed by atoms with Gasteiger partial charge in [-0.25, -0.2) is 4.98 Å². The van der Waals surface area contributed by atoms with Crippen LogP contribution in [-0.4, -0.2) is 78.5 Å². The van der Waals surface area contributed by atoms with Crippen molar-refractivity contribution in [2.45, 2.75) is 13.0 Å². The number of benzene rings is 2. The number of aryl methyl sites for hydroxylation is 1. The van der Waals surface area contributed by atoms with Gasteiger partial charge in [-0.3, -0.25) is 9.80 Å². The molecule has 3 aromatic rings. The topological polar surface area (TPSA) is 58.1 Å². The zero-order valence-corrected chi connectivity index (χ0v) is 20.3. The van der Waals surface area contributed by atoms with Gasteiger partial charge in [0.1, 0.15) is 30.8 Å². The number of fused-ring (bicyclic) bond motifs is 1. The van der Waals surface area contributed by atoms with Gasteiger partial charge in [-0.15, -0.1) is 11.3 Å². The molecule has 0 bridgehead atoms. The number of ether oxygens (including phenoxy) is 2. The SMILES string of the molecule is Cc1nc2cc(OC[C@H](O)CN3CCN(CCOc4cc(Cl)cc(Cl)c4)CC3)ccc2s1. The molecule has 32 heavy (non-hydrogen) atoms. The molecule has 1 aliphatic heterocycles. The summed E-state index contributed by atoms with van der Waals surface area (Å²) < 4.78 is 12.7. The number of rotatable bonds is 9. The van der Waals surface area contributed by atoms with E-state index in [1.54, 1.807) is 29.5 Å². The van der Waals surface area contributed by atoms with Crippen molar-refractivity contribution in [3.05, 3.63) is 51.5 Å². The van der Waals surface area contributed by atoms with Crippen molar-refractivity contribution >= 4 is 44.8 Å². The molecule has 0 saturated carbocycles. The Kier molecular flexibility index (Phi) is 8.10. The minimum Gasteiger partial charge on any atom is -0.492 e. The molecule has 1 saturated heterocycles. The monoisotopic (exact) mass is 495 g/mol. The third-order valence-electron chi connectivity index (χ3n) is 5.35. The van der Waals surface area contributed by atoms with E-state index < -0.39 is 6.10 Å². The fraction of sp³-hybridized carbons (Fsp3) is 0.435. The van der Waals surface area contributed by atoms with Gasteiger partial charge in [0.15, 0.2) is 0 Å². The number of thiazole rings is 1. The van der Waals surface area contributed by atoms with Crippen LogP contribution in [-0.2, 0) is 0 Å². The van der Waals surface area contributed by atoms with Crippen LogP contribution in [0.15, 0.2) is 36.4 Å². The van der Waals surface area contributed by atoms with Crippen LogP contribution in [0, 0.1) is 6.92 Å². The molecule has 6 nitrogen and oxygen atoms in total. The fourth-order valence-electron chi connectivity index (χ4n) is 3.76. The van der Waals surface area contributed by atoms with E-state index in [-0.39, 0.29) is 6.61 Å². The van der Waals surface area contributed by atoms with Gasteiger partial charge in [0.05, 0.1) is 15.2 Å². The van der Waals surface area contributed by atoms with E-state index in [0.717, 1.165) is 53.7 Å². The van der Waals surface area contributed by atoms with Crippen LogP contribution in [0.4, 0.5) is 0 Å². The average molecular weight is 496 g/mol. The molecule has 4 rings (SSSR count). The Labute approximate surface area is 202 Å². The summed E-state index contributed by atoms with van der Waals surface area (Å²) >= 11 is 13.7. The Morgan fingerprint density at radius 3 is 2.47 bits per heavy atom. The van der Waals surface area contributed by atoms with Gasteiger partial charge in [0, 0.05) is 55.4 Å². The minimum atomic E-state index is -0.537. The summed E-state index contributed by atoms with van der Waals surface area (Å²) in [6.45, 7) is 7.97. The van der Waals surface area contributed by atoms with Crippen LogP contribution in [0.2, 0.25) is 10.0 Å². The number of aromatic nitrogens is 1. The summed E-state index contributed by atoms with van der Waals surface area (Å²) in [6.07, 6.45) is -0.537. The van der Waals surface area contributed by atoms with E-state index in [1.807, 2.05) is 25.1 Å². The molecule has 1 aliphatic rings. The standard InChI is InChI=1S/C23H27Cl2N3O3S/c1-16-26-22-13-20(2-3-23(22)32-16)31-15-19(29)14-28-6-4-27(5-7-28)8-9-30-21-11-17(24)10-18(25)12-21/h2-3,10-13,19,29H,4-9,14-15H2,1H3/t19-/m1/s1. The van der Waals surface area contributed by atoms with E-state index in [1.165, 1.54) is 0 Å². The third-order valence-corrected chi connectivity index (χ3v) is 6.74. The number of aliphatic hydroxyl groups excluding tert-OH is 1. The van der Waals surface area contributed by atoms with Crippen molar-refractivity contribution in [2.75, 3.05) is 52.5 Å². The summed E-state index contributed by atoms with van der Waals surface area (Å²) in [5, 5.41) is 12.6. The maximum Gasteiger partial charge on any atom is 0.122 e. The van der Waals surface area contributed by atoms with E-state index in [2.05, 4.69) is 14.8 Å². The molecule has 1 atom stereocenters. The second kappa shape index (κ2) is 11.0. The van der Waals surface area contributed by atoms with Gasteiger partial charge in [-0.05, 0) is 37.3 Å². The quantitative estimate of drug-likeness (QED) is 0.476. The van der Waals surface area contributed by atoms with Gasteiger partial charge in [-0.2, -0.15) is 0 Å². The lowest BCUT2D eigenvalue weighted by atomic mass is 10.2. The van der Waals surface area contributed by atoms with Crippen LogP contribution in [0.1, 0.15) is 5.01 Å². The van der Waals surface area contributed by atoms with Gasteiger partial charge in [0.25, 0.3) is 0 Å². The van der Waals surface area contributed by atoms with Crippen LogP contribution in [0.3, 0.4) is 0 Å². The molecule has 0 unspecified atom stereocenters. The Hall–Kier alpha value is -1.61. The number of aliphatic hydroxyl groups is 1. The smallest absolute Gasteiger partial charge is 0.122 e. The highest BCUT2D eigenvalue weighted by molar-refractivity contribution is 7.18. The maximum atomic E-state index is 10.4.